The monoisotopic (exact) mass is 558 g/mol. The lowest BCUT2D eigenvalue weighted by atomic mass is 9.78. The maximum Gasteiger partial charge on any atom is 0.244 e. The molecule has 11 heteroatoms. The van der Waals surface area contributed by atoms with Crippen molar-refractivity contribution in [3.8, 4) is 16.9 Å². The number of aliphatic hydroxyl groups excluding tert-OH is 1. The molecule has 2 fully saturated rings. The van der Waals surface area contributed by atoms with Gasteiger partial charge in [0.2, 0.25) is 15.9 Å². The first-order valence-corrected chi connectivity index (χ1v) is 15.1. The summed E-state index contributed by atoms with van der Waals surface area (Å²) < 4.78 is 40.8. The Morgan fingerprint density at radius 2 is 1.92 bits per heavy atom. The van der Waals surface area contributed by atoms with E-state index in [1.165, 1.54) is 0 Å². The minimum absolute atomic E-state index is 0.0219. The van der Waals surface area contributed by atoms with Crippen LogP contribution in [0.2, 0.25) is 0 Å². The first kappa shape index (κ1) is 28.0. The number of aromatic nitrogens is 1. The van der Waals surface area contributed by atoms with Gasteiger partial charge in [0.15, 0.2) is 0 Å². The van der Waals surface area contributed by atoms with E-state index in [1.54, 1.807) is 30.6 Å². The van der Waals surface area contributed by atoms with Gasteiger partial charge in [-0.3, -0.25) is 9.78 Å². The van der Waals surface area contributed by atoms with Gasteiger partial charge in [-0.25, -0.2) is 13.1 Å². The van der Waals surface area contributed by atoms with Crippen molar-refractivity contribution in [2.75, 3.05) is 59.6 Å². The van der Waals surface area contributed by atoms with E-state index in [9.17, 15) is 18.3 Å². The molecule has 1 spiro atoms. The number of aliphatic hydroxyl groups is 1. The van der Waals surface area contributed by atoms with Crippen LogP contribution in [0.3, 0.4) is 0 Å². The number of carbonyl (C=O) groups excluding carboxylic acids is 1. The molecule has 2 N–H and O–H groups in total. The number of benzene rings is 1. The highest BCUT2D eigenvalue weighted by atomic mass is 32.2. The molecule has 39 heavy (non-hydrogen) atoms. The average Bonchev–Trinajstić information content (AvgIpc) is 2.95. The van der Waals surface area contributed by atoms with E-state index in [2.05, 4.69) is 9.71 Å². The maximum absolute atomic E-state index is 13.2. The maximum atomic E-state index is 13.2. The summed E-state index contributed by atoms with van der Waals surface area (Å²) in [5.74, 6) is 0.491. The molecule has 1 atom stereocenters. The predicted molar refractivity (Wildman–Crippen MR) is 146 cm³/mol. The van der Waals surface area contributed by atoms with Gasteiger partial charge >= 0.3 is 0 Å². The predicted octanol–water partition coefficient (Wildman–Crippen LogP) is 1.75. The van der Waals surface area contributed by atoms with Crippen LogP contribution in [0.15, 0.2) is 47.6 Å². The molecule has 10 nitrogen and oxygen atoms in total. The normalized spacial score (nSPS) is 24.7. The van der Waals surface area contributed by atoms with E-state index >= 15 is 0 Å². The van der Waals surface area contributed by atoms with Crippen LogP contribution in [0.1, 0.15) is 25.7 Å². The number of hydrogen-bond donors (Lipinski definition) is 2. The number of sulfonamides is 1. The van der Waals surface area contributed by atoms with Gasteiger partial charge in [-0.15, -0.1) is 0 Å². The SMILES string of the molecule is CN1CC(O)CNS(=O)(=O)c2ccc(-c3cccnc3)cc2OCC2(CCN(C(=O)C3CCOCC3)CC2)C1. The number of likely N-dealkylation sites (N-methyl/N-ethyl adjacent to an activating group) is 1. The largest absolute Gasteiger partial charge is 0.492 e. The van der Waals surface area contributed by atoms with Gasteiger partial charge in [0, 0.05) is 75.2 Å². The fourth-order valence-electron chi connectivity index (χ4n) is 5.88. The molecule has 3 aliphatic heterocycles. The topological polar surface area (TPSA) is 121 Å². The summed E-state index contributed by atoms with van der Waals surface area (Å²) in [5.41, 5.74) is 1.34. The third-order valence-corrected chi connectivity index (χ3v) is 9.57. The molecule has 2 aromatic rings. The number of amides is 1. The highest BCUT2D eigenvalue weighted by Crippen LogP contribution is 2.37. The van der Waals surface area contributed by atoms with Crippen molar-refractivity contribution in [1.82, 2.24) is 19.5 Å². The van der Waals surface area contributed by atoms with E-state index in [-0.39, 0.29) is 34.4 Å². The van der Waals surface area contributed by atoms with Crippen molar-refractivity contribution < 1.29 is 27.8 Å². The summed E-state index contributed by atoms with van der Waals surface area (Å²) in [6.45, 7) is 3.69. The number of β-amino-alcohol motifs (C(OH)–C–C–N with tert-alkyl or cyclic N) is 1. The van der Waals surface area contributed by atoms with Crippen molar-refractivity contribution in [3.63, 3.8) is 0 Å². The Morgan fingerprint density at radius 3 is 2.64 bits per heavy atom. The van der Waals surface area contributed by atoms with Gasteiger partial charge in [-0.2, -0.15) is 0 Å². The Balaban J connectivity index is 1.41. The molecule has 5 rings (SSSR count). The van der Waals surface area contributed by atoms with Crippen LogP contribution in [0.25, 0.3) is 11.1 Å². The van der Waals surface area contributed by atoms with Gasteiger partial charge in [0.05, 0.1) is 12.7 Å². The van der Waals surface area contributed by atoms with Gasteiger partial charge < -0.3 is 24.4 Å². The molecule has 2 saturated heterocycles. The summed E-state index contributed by atoms with van der Waals surface area (Å²) in [7, 11) is -2.00. The van der Waals surface area contributed by atoms with E-state index in [0.29, 0.717) is 46.0 Å². The second-order valence-corrected chi connectivity index (χ2v) is 12.8. The van der Waals surface area contributed by atoms with Crippen LogP contribution in [-0.4, -0.2) is 99.9 Å². The lowest BCUT2D eigenvalue weighted by molar-refractivity contribution is -0.141. The second-order valence-electron chi connectivity index (χ2n) is 11.1. The zero-order chi connectivity index (χ0) is 27.5. The second kappa shape index (κ2) is 11.9. The zero-order valence-corrected chi connectivity index (χ0v) is 23.2. The number of ether oxygens (including phenoxy) is 2. The first-order valence-electron chi connectivity index (χ1n) is 13.6. The molecule has 1 amide bonds. The standard InChI is InChI=1S/C28H38N4O6S/c1-31-18-24(33)17-30-39(35,36)26-5-4-22(23-3-2-10-29-16-23)15-25(26)38-20-28(19-31)8-11-32(12-9-28)27(34)21-6-13-37-14-7-21/h2-5,10,15-16,21,24,30,33H,6-9,11-14,17-20H2,1H3. The number of nitrogens with one attached hydrogen (secondary N) is 1. The number of rotatable bonds is 2. The minimum atomic E-state index is -3.93. The van der Waals surface area contributed by atoms with Crippen molar-refractivity contribution in [3.05, 3.63) is 42.7 Å². The molecule has 0 saturated carbocycles. The molecule has 1 aromatic carbocycles. The molecule has 212 valence electrons. The lowest BCUT2D eigenvalue weighted by Crippen LogP contribution is -2.52. The molecule has 0 radical (unpaired) electrons. The van der Waals surface area contributed by atoms with Gasteiger partial charge in [-0.1, -0.05) is 12.1 Å². The minimum Gasteiger partial charge on any atom is -0.492 e. The fraction of sp³-hybridized carbons (Fsp3) is 0.571. The Labute approximate surface area is 230 Å². The number of fused-ring (bicyclic) bond motifs is 1. The molecular formula is C28H38N4O6S. The highest BCUT2D eigenvalue weighted by molar-refractivity contribution is 7.89. The molecule has 1 aromatic heterocycles. The number of pyridine rings is 1. The highest BCUT2D eigenvalue weighted by Gasteiger charge is 2.40. The molecular weight excluding hydrogens is 520 g/mol. The molecule has 1 unspecified atom stereocenters. The Hall–Kier alpha value is -2.57. The van der Waals surface area contributed by atoms with Crippen LogP contribution in [-0.2, 0) is 19.6 Å². The number of likely N-dealkylation sites (tertiary alicyclic amines) is 1. The van der Waals surface area contributed by atoms with Crippen molar-refractivity contribution in [2.45, 2.75) is 36.7 Å². The van der Waals surface area contributed by atoms with Crippen LogP contribution < -0.4 is 9.46 Å². The number of piperidine rings is 1. The van der Waals surface area contributed by atoms with Crippen LogP contribution in [0, 0.1) is 11.3 Å². The first-order chi connectivity index (χ1) is 18.7. The molecule has 0 aliphatic carbocycles. The van der Waals surface area contributed by atoms with Gasteiger partial charge in [0.25, 0.3) is 0 Å². The van der Waals surface area contributed by atoms with Crippen molar-refractivity contribution in [1.29, 1.82) is 0 Å². The van der Waals surface area contributed by atoms with Crippen LogP contribution in [0.4, 0.5) is 0 Å². The molecule has 4 heterocycles. The van der Waals surface area contributed by atoms with Crippen LogP contribution in [0.5, 0.6) is 5.75 Å². The van der Waals surface area contributed by atoms with Crippen molar-refractivity contribution in [2.24, 2.45) is 11.3 Å². The zero-order valence-electron chi connectivity index (χ0n) is 22.4. The van der Waals surface area contributed by atoms with Gasteiger partial charge in [-0.05, 0) is 56.5 Å². The van der Waals surface area contributed by atoms with Crippen LogP contribution >= 0.6 is 0 Å². The summed E-state index contributed by atoms with van der Waals surface area (Å²) >= 11 is 0. The summed E-state index contributed by atoms with van der Waals surface area (Å²) in [6.07, 6.45) is 5.53. The summed E-state index contributed by atoms with van der Waals surface area (Å²) in [4.78, 5) is 21.4. The van der Waals surface area contributed by atoms with E-state index in [0.717, 1.165) is 36.8 Å². The Kier molecular flexibility index (Phi) is 8.53. The third kappa shape index (κ3) is 6.60. The lowest BCUT2D eigenvalue weighted by Gasteiger charge is -2.44. The molecule has 3 aliphatic rings. The quantitative estimate of drug-likeness (QED) is 0.572. The van der Waals surface area contributed by atoms with Crippen molar-refractivity contribution >= 4 is 15.9 Å². The number of hydrogen-bond acceptors (Lipinski definition) is 8. The number of nitrogens with zero attached hydrogens (tertiary/aromatic N) is 3. The molecule has 0 bridgehead atoms. The van der Waals surface area contributed by atoms with E-state index < -0.39 is 16.1 Å². The fourth-order valence-corrected chi connectivity index (χ4v) is 7.08. The van der Waals surface area contributed by atoms with Gasteiger partial charge in [0.1, 0.15) is 10.6 Å². The van der Waals surface area contributed by atoms with E-state index in [1.807, 2.05) is 29.0 Å². The Morgan fingerprint density at radius 1 is 1.15 bits per heavy atom. The Bertz CT molecular complexity index is 1240. The van der Waals surface area contributed by atoms with E-state index in [4.69, 9.17) is 9.47 Å². The third-order valence-electron chi connectivity index (χ3n) is 8.11. The average molecular weight is 559 g/mol. The number of carbonyl (C=O) groups is 1. The summed E-state index contributed by atoms with van der Waals surface area (Å²) in [6, 6.07) is 8.77. The smallest absolute Gasteiger partial charge is 0.244 e. The summed E-state index contributed by atoms with van der Waals surface area (Å²) in [5, 5.41) is 10.6.